The van der Waals surface area contributed by atoms with Crippen LogP contribution in [0.4, 0.5) is 0 Å². The zero-order valence-electron chi connectivity index (χ0n) is 10.3. The average Bonchev–Trinajstić information content (AvgIpc) is 2.76. The normalized spacial score (nSPS) is 20.4. The van der Waals surface area contributed by atoms with Gasteiger partial charge in [0, 0.05) is 19.1 Å². The number of benzene rings is 1. The van der Waals surface area contributed by atoms with Crippen LogP contribution < -0.4 is 5.32 Å². The summed E-state index contributed by atoms with van der Waals surface area (Å²) in [5, 5.41) is 12.3. The van der Waals surface area contributed by atoms with Gasteiger partial charge in [-0.2, -0.15) is 5.26 Å². The molecule has 1 fully saturated rings. The van der Waals surface area contributed by atoms with Crippen molar-refractivity contribution in [2.24, 2.45) is 0 Å². The summed E-state index contributed by atoms with van der Waals surface area (Å²) in [6, 6.07) is 10.6. The number of rotatable bonds is 4. The minimum absolute atomic E-state index is 0.675. The molecule has 0 bridgehead atoms. The number of hydrogen-bond donors (Lipinski definition) is 1. The first-order valence-corrected chi connectivity index (χ1v) is 6.19. The van der Waals surface area contributed by atoms with E-state index < -0.39 is 0 Å². The van der Waals surface area contributed by atoms with Gasteiger partial charge in [-0.05, 0) is 44.1 Å². The van der Waals surface area contributed by atoms with Crippen LogP contribution in [0.25, 0.3) is 0 Å². The first-order valence-electron chi connectivity index (χ1n) is 6.19. The van der Waals surface area contributed by atoms with E-state index in [9.17, 15) is 0 Å². The Labute approximate surface area is 103 Å². The van der Waals surface area contributed by atoms with Crippen molar-refractivity contribution in [3.8, 4) is 6.07 Å². The summed E-state index contributed by atoms with van der Waals surface area (Å²) < 4.78 is 0. The van der Waals surface area contributed by atoms with Crippen LogP contribution in [0.15, 0.2) is 24.3 Å². The van der Waals surface area contributed by atoms with Crippen molar-refractivity contribution in [2.45, 2.75) is 25.4 Å². The van der Waals surface area contributed by atoms with E-state index in [0.29, 0.717) is 6.04 Å². The van der Waals surface area contributed by atoms with Crippen molar-refractivity contribution in [1.82, 2.24) is 10.2 Å². The topological polar surface area (TPSA) is 39.1 Å². The maximum Gasteiger partial charge on any atom is 0.0991 e. The number of likely N-dealkylation sites (tertiary alicyclic amines) is 1. The molecule has 17 heavy (non-hydrogen) atoms. The highest BCUT2D eigenvalue weighted by Crippen LogP contribution is 2.13. The van der Waals surface area contributed by atoms with Gasteiger partial charge < -0.3 is 10.2 Å². The fraction of sp³-hybridized carbons (Fsp3) is 0.500. The van der Waals surface area contributed by atoms with E-state index >= 15 is 0 Å². The summed E-state index contributed by atoms with van der Waals surface area (Å²) in [6.07, 6.45) is 2.61. The summed E-state index contributed by atoms with van der Waals surface area (Å²) in [5.41, 5.74) is 1.92. The molecule has 90 valence electrons. The van der Waals surface area contributed by atoms with Crippen molar-refractivity contribution in [3.63, 3.8) is 0 Å². The fourth-order valence-electron chi connectivity index (χ4n) is 2.37. The second-order valence-electron chi connectivity index (χ2n) is 4.72. The van der Waals surface area contributed by atoms with Crippen molar-refractivity contribution in [1.29, 1.82) is 5.26 Å². The van der Waals surface area contributed by atoms with Gasteiger partial charge in [-0.1, -0.05) is 12.1 Å². The van der Waals surface area contributed by atoms with Crippen molar-refractivity contribution < 1.29 is 0 Å². The van der Waals surface area contributed by atoms with Gasteiger partial charge in [0.25, 0.3) is 0 Å². The van der Waals surface area contributed by atoms with Gasteiger partial charge in [0.15, 0.2) is 0 Å². The highest BCUT2D eigenvalue weighted by molar-refractivity contribution is 5.32. The van der Waals surface area contributed by atoms with Gasteiger partial charge in [0.1, 0.15) is 0 Å². The summed E-state index contributed by atoms with van der Waals surface area (Å²) in [7, 11) is 2.19. The summed E-state index contributed by atoms with van der Waals surface area (Å²) in [4.78, 5) is 2.42. The van der Waals surface area contributed by atoms with E-state index in [1.165, 1.54) is 24.9 Å². The van der Waals surface area contributed by atoms with Gasteiger partial charge in [-0.3, -0.25) is 0 Å². The molecule has 1 heterocycles. The van der Waals surface area contributed by atoms with Crippen LogP contribution in [0, 0.1) is 11.3 Å². The lowest BCUT2D eigenvalue weighted by molar-refractivity contribution is 0.300. The van der Waals surface area contributed by atoms with E-state index in [2.05, 4.69) is 29.4 Å². The Morgan fingerprint density at radius 2 is 2.41 bits per heavy atom. The third kappa shape index (κ3) is 3.29. The number of hydrogen-bond acceptors (Lipinski definition) is 3. The highest BCUT2D eigenvalue weighted by atomic mass is 15.2. The van der Waals surface area contributed by atoms with Crippen LogP contribution in [-0.2, 0) is 6.54 Å². The minimum Gasteiger partial charge on any atom is -0.311 e. The number of nitriles is 1. The quantitative estimate of drug-likeness (QED) is 0.855. The van der Waals surface area contributed by atoms with Crippen LogP contribution in [-0.4, -0.2) is 31.1 Å². The van der Waals surface area contributed by atoms with Gasteiger partial charge >= 0.3 is 0 Å². The molecule has 0 saturated carbocycles. The highest BCUT2D eigenvalue weighted by Gasteiger charge is 2.19. The molecule has 3 heteroatoms. The summed E-state index contributed by atoms with van der Waals surface area (Å²) >= 11 is 0. The molecule has 1 unspecified atom stereocenters. The third-order valence-corrected chi connectivity index (χ3v) is 3.44. The van der Waals surface area contributed by atoms with Crippen LogP contribution in [0.1, 0.15) is 24.0 Å². The molecule has 2 rings (SSSR count). The number of likely N-dealkylation sites (N-methyl/N-ethyl adjacent to an activating group) is 1. The van der Waals surface area contributed by atoms with E-state index in [-0.39, 0.29) is 0 Å². The van der Waals surface area contributed by atoms with E-state index in [1.807, 2.05) is 18.2 Å². The average molecular weight is 229 g/mol. The fourth-order valence-corrected chi connectivity index (χ4v) is 2.37. The Balaban J connectivity index is 1.80. The Kier molecular flexibility index (Phi) is 4.13. The van der Waals surface area contributed by atoms with Crippen molar-refractivity contribution >= 4 is 0 Å². The Morgan fingerprint density at radius 1 is 1.53 bits per heavy atom. The lowest BCUT2D eigenvalue weighted by atomic mass is 10.1. The molecule has 0 amide bonds. The van der Waals surface area contributed by atoms with Crippen LogP contribution >= 0.6 is 0 Å². The van der Waals surface area contributed by atoms with E-state index in [4.69, 9.17) is 5.26 Å². The van der Waals surface area contributed by atoms with E-state index in [0.717, 1.165) is 18.7 Å². The molecule has 0 spiro atoms. The molecule has 0 aliphatic carbocycles. The molecular formula is C14H19N3. The van der Waals surface area contributed by atoms with E-state index in [1.54, 1.807) is 0 Å². The molecule has 0 radical (unpaired) electrons. The first-order chi connectivity index (χ1) is 8.29. The molecule has 1 atom stereocenters. The molecular weight excluding hydrogens is 210 g/mol. The third-order valence-electron chi connectivity index (χ3n) is 3.44. The van der Waals surface area contributed by atoms with Gasteiger partial charge in [0.05, 0.1) is 11.6 Å². The second kappa shape index (κ2) is 5.81. The molecule has 1 aromatic carbocycles. The molecule has 1 aliphatic rings. The Hall–Kier alpha value is -1.37. The van der Waals surface area contributed by atoms with Crippen molar-refractivity contribution in [3.05, 3.63) is 35.4 Å². The molecule has 3 nitrogen and oxygen atoms in total. The second-order valence-corrected chi connectivity index (χ2v) is 4.72. The Bertz CT molecular complexity index is 408. The molecule has 1 N–H and O–H groups in total. The van der Waals surface area contributed by atoms with Gasteiger partial charge in [-0.25, -0.2) is 0 Å². The lowest BCUT2D eigenvalue weighted by Gasteiger charge is -2.19. The summed E-state index contributed by atoms with van der Waals surface area (Å²) in [5.74, 6) is 0. The van der Waals surface area contributed by atoms with Crippen molar-refractivity contribution in [2.75, 3.05) is 20.1 Å². The SMILES string of the molecule is CN1CCCC1CNCc1cccc(C#N)c1. The standard InChI is InChI=1S/C14H19N3/c1-17-7-3-6-14(17)11-16-10-13-5-2-4-12(8-13)9-15/h2,4-5,8,14,16H,3,6-7,10-11H2,1H3. The maximum absolute atomic E-state index is 8.82. The predicted molar refractivity (Wildman–Crippen MR) is 68.5 cm³/mol. The number of nitrogens with one attached hydrogen (secondary N) is 1. The molecule has 1 aliphatic heterocycles. The summed E-state index contributed by atoms with van der Waals surface area (Å²) in [6.45, 7) is 3.10. The van der Waals surface area contributed by atoms with Crippen LogP contribution in [0.5, 0.6) is 0 Å². The van der Waals surface area contributed by atoms with Gasteiger partial charge in [-0.15, -0.1) is 0 Å². The predicted octanol–water partition coefficient (Wildman–Crippen LogP) is 1.74. The number of nitrogens with zero attached hydrogens (tertiary/aromatic N) is 2. The zero-order valence-corrected chi connectivity index (χ0v) is 10.3. The molecule has 0 aromatic heterocycles. The zero-order chi connectivity index (χ0) is 12.1. The largest absolute Gasteiger partial charge is 0.311 e. The van der Waals surface area contributed by atoms with Crippen LogP contribution in [0.3, 0.4) is 0 Å². The van der Waals surface area contributed by atoms with Crippen LogP contribution in [0.2, 0.25) is 0 Å². The monoisotopic (exact) mass is 229 g/mol. The van der Waals surface area contributed by atoms with Gasteiger partial charge in [0.2, 0.25) is 0 Å². The lowest BCUT2D eigenvalue weighted by Crippen LogP contribution is -2.35. The smallest absolute Gasteiger partial charge is 0.0991 e. The first kappa shape index (κ1) is 12.1. The maximum atomic E-state index is 8.82. The molecule has 1 saturated heterocycles. The molecule has 1 aromatic rings. The Morgan fingerprint density at radius 3 is 3.12 bits per heavy atom. The minimum atomic E-state index is 0.675.